The van der Waals surface area contributed by atoms with Gasteiger partial charge in [-0.3, -0.25) is 29.0 Å². The van der Waals surface area contributed by atoms with E-state index in [1.165, 1.54) is 0 Å². The summed E-state index contributed by atoms with van der Waals surface area (Å²) in [4.78, 5) is 44.4. The molecule has 0 heterocycles. The summed E-state index contributed by atoms with van der Waals surface area (Å²) in [5.41, 5.74) is 0. The van der Waals surface area contributed by atoms with Crippen LogP contribution in [0.5, 0.6) is 0 Å². The van der Waals surface area contributed by atoms with E-state index in [-0.39, 0.29) is 50.8 Å². The molecule has 0 spiro atoms. The first-order chi connectivity index (χ1) is 9.20. The Morgan fingerprint density at radius 3 is 0.905 bits per heavy atom. The van der Waals surface area contributed by atoms with Crippen molar-refractivity contribution in [3.8, 4) is 0 Å². The van der Waals surface area contributed by atoms with Crippen LogP contribution in [0.3, 0.4) is 0 Å². The minimum atomic E-state index is -1.23. The molecule has 0 atom stereocenters. The van der Waals surface area contributed by atoms with Crippen molar-refractivity contribution in [1.29, 1.82) is 0 Å². The van der Waals surface area contributed by atoms with Crippen LogP contribution in [-0.4, -0.2) is 131 Å². The third-order valence-electron chi connectivity index (χ3n) is 2.17. The molecule has 0 amide bonds. The summed E-state index contributed by atoms with van der Waals surface area (Å²) in [5.74, 6) is -4.91. The van der Waals surface area contributed by atoms with Crippen LogP contribution in [-0.2, 0) is 19.2 Å². The zero-order chi connectivity index (χ0) is 15.7. The molecule has 0 bridgehead atoms. The summed E-state index contributed by atoms with van der Waals surface area (Å²) >= 11 is 0. The van der Waals surface area contributed by atoms with E-state index in [0.29, 0.717) is 0 Å². The minimum absolute atomic E-state index is 0. The molecule has 0 aromatic carbocycles. The van der Waals surface area contributed by atoms with Crippen molar-refractivity contribution < 1.29 is 39.6 Å². The van der Waals surface area contributed by atoms with E-state index < -0.39 is 50.1 Å². The molecule has 0 aromatic rings. The molecule has 0 saturated heterocycles. The number of rotatable bonds is 11. The van der Waals surface area contributed by atoms with Gasteiger partial charge in [-0.25, -0.2) is 0 Å². The Morgan fingerprint density at radius 2 is 0.762 bits per heavy atom. The fourth-order valence-corrected chi connectivity index (χ4v) is 1.48. The Bertz CT molecular complexity index is 321. The van der Waals surface area contributed by atoms with Gasteiger partial charge in [-0.05, 0) is 0 Å². The summed E-state index contributed by atoms with van der Waals surface area (Å²) in [5, 5.41) is 34.5. The van der Waals surface area contributed by atoms with E-state index in [9.17, 15) is 19.2 Å². The molecule has 0 radical (unpaired) electrons. The predicted molar refractivity (Wildman–Crippen MR) is 69.2 cm³/mol. The van der Waals surface area contributed by atoms with Crippen LogP contribution in [0, 0.1) is 0 Å². The zero-order valence-corrected chi connectivity index (χ0v) is 13.5. The maximum atomic E-state index is 10.6. The Morgan fingerprint density at radius 1 is 0.571 bits per heavy atom. The summed E-state index contributed by atoms with van der Waals surface area (Å²) in [6.07, 6.45) is 0. The second-order valence-corrected chi connectivity index (χ2v) is 4.00. The van der Waals surface area contributed by atoms with Crippen molar-refractivity contribution in [1.82, 2.24) is 9.80 Å². The number of nitrogens with zero attached hydrogens (tertiary/aromatic N) is 2. The number of carboxylic acid groups (broad SMARTS) is 4. The van der Waals surface area contributed by atoms with Crippen molar-refractivity contribution >= 4 is 61.6 Å². The molecule has 114 valence electrons. The summed E-state index contributed by atoms with van der Waals surface area (Å²) in [7, 11) is 0. The van der Waals surface area contributed by atoms with Gasteiger partial charge in [-0.15, -0.1) is 0 Å². The van der Waals surface area contributed by atoms with E-state index in [1.54, 1.807) is 0 Å². The molecule has 4 N–H and O–H groups in total. The molecule has 11 heteroatoms. The van der Waals surface area contributed by atoms with Crippen LogP contribution in [0.25, 0.3) is 0 Å². The standard InChI is InChI=1S/C10H16N2O8.Ca/c13-7(14)3-11(4-8(15)16)1-2-12(5-9(17)18)6-10(19)20;/h1-6H2,(H,13,14)(H,15,16)(H,17,18)(H,19,20);/q;+2. The number of hydrogen-bond donors (Lipinski definition) is 4. The topological polar surface area (TPSA) is 156 Å². The van der Waals surface area contributed by atoms with Crippen molar-refractivity contribution in [2.75, 3.05) is 39.3 Å². The average molecular weight is 332 g/mol. The minimum Gasteiger partial charge on any atom is -0.480 e. The quantitative estimate of drug-likeness (QED) is 0.299. The Kier molecular flexibility index (Phi) is 12.4. The molecule has 21 heavy (non-hydrogen) atoms. The number of carboxylic acids is 4. The van der Waals surface area contributed by atoms with Crippen LogP contribution < -0.4 is 0 Å². The Hall–Kier alpha value is -0.940. The van der Waals surface area contributed by atoms with Crippen LogP contribution in [0.2, 0.25) is 0 Å². The fraction of sp³-hybridized carbons (Fsp3) is 0.600. The second-order valence-electron chi connectivity index (χ2n) is 4.00. The monoisotopic (exact) mass is 332 g/mol. The maximum absolute atomic E-state index is 10.6. The summed E-state index contributed by atoms with van der Waals surface area (Å²) in [6, 6.07) is 0. The predicted octanol–water partition coefficient (Wildman–Crippen LogP) is -2.45. The van der Waals surface area contributed by atoms with Gasteiger partial charge < -0.3 is 20.4 Å². The van der Waals surface area contributed by atoms with Crippen LogP contribution >= 0.6 is 0 Å². The van der Waals surface area contributed by atoms with E-state index in [0.717, 1.165) is 9.80 Å². The van der Waals surface area contributed by atoms with E-state index in [4.69, 9.17) is 20.4 Å². The average Bonchev–Trinajstić information content (AvgIpc) is 2.22. The third-order valence-corrected chi connectivity index (χ3v) is 2.17. The van der Waals surface area contributed by atoms with Crippen LogP contribution in [0.15, 0.2) is 0 Å². The van der Waals surface area contributed by atoms with Crippen molar-refractivity contribution in [2.45, 2.75) is 0 Å². The number of aliphatic carboxylic acids is 4. The molecule has 0 saturated carbocycles. The molecule has 0 aliphatic heterocycles. The van der Waals surface area contributed by atoms with E-state index >= 15 is 0 Å². The first-order valence-corrected chi connectivity index (χ1v) is 5.52. The molecule has 0 aliphatic carbocycles. The Labute approximate surface area is 149 Å². The molecule has 0 aromatic heterocycles. The van der Waals surface area contributed by atoms with Gasteiger partial charge in [0.2, 0.25) is 0 Å². The molecule has 0 fully saturated rings. The largest absolute Gasteiger partial charge is 2.00 e. The van der Waals surface area contributed by atoms with E-state index in [1.807, 2.05) is 0 Å². The van der Waals surface area contributed by atoms with Gasteiger partial charge in [0.05, 0.1) is 26.2 Å². The molecule has 10 nitrogen and oxygen atoms in total. The number of hydrogen-bond acceptors (Lipinski definition) is 6. The SMILES string of the molecule is O=C(O)CN(CCN(CC(=O)O)CC(=O)O)CC(=O)O.[Ca+2]. The van der Waals surface area contributed by atoms with Gasteiger partial charge in [0.1, 0.15) is 0 Å². The normalized spacial score (nSPS) is 10.2. The molecular weight excluding hydrogens is 316 g/mol. The number of carbonyl (C=O) groups is 4. The summed E-state index contributed by atoms with van der Waals surface area (Å²) < 4.78 is 0. The van der Waals surface area contributed by atoms with Gasteiger partial charge in [0.15, 0.2) is 0 Å². The van der Waals surface area contributed by atoms with Gasteiger partial charge >= 0.3 is 61.6 Å². The maximum Gasteiger partial charge on any atom is 2.00 e. The van der Waals surface area contributed by atoms with Crippen molar-refractivity contribution in [2.24, 2.45) is 0 Å². The van der Waals surface area contributed by atoms with Crippen LogP contribution in [0.1, 0.15) is 0 Å². The van der Waals surface area contributed by atoms with E-state index in [2.05, 4.69) is 0 Å². The van der Waals surface area contributed by atoms with Gasteiger partial charge in [-0.1, -0.05) is 0 Å². The molecular formula is C10H16CaN2O8+2. The van der Waals surface area contributed by atoms with Gasteiger partial charge in [-0.2, -0.15) is 0 Å². The summed E-state index contributed by atoms with van der Waals surface area (Å²) in [6.45, 7) is -2.25. The van der Waals surface area contributed by atoms with Gasteiger partial charge in [0.25, 0.3) is 0 Å². The second kappa shape index (κ2) is 11.7. The van der Waals surface area contributed by atoms with Crippen molar-refractivity contribution in [3.63, 3.8) is 0 Å². The smallest absolute Gasteiger partial charge is 0.480 e. The first-order valence-electron chi connectivity index (χ1n) is 5.52. The molecule has 0 rings (SSSR count). The molecule has 0 unspecified atom stereocenters. The Balaban J connectivity index is 0. The van der Waals surface area contributed by atoms with Crippen molar-refractivity contribution in [3.05, 3.63) is 0 Å². The fourth-order valence-electron chi connectivity index (χ4n) is 1.48. The van der Waals surface area contributed by atoms with Gasteiger partial charge in [0, 0.05) is 13.1 Å². The first kappa shape index (κ1) is 22.3. The zero-order valence-electron chi connectivity index (χ0n) is 11.3. The molecule has 0 aliphatic rings. The third kappa shape index (κ3) is 13.8. The van der Waals surface area contributed by atoms with Crippen LogP contribution in [0.4, 0.5) is 0 Å².